The van der Waals surface area contributed by atoms with Crippen LogP contribution in [0.1, 0.15) is 58.2 Å². The summed E-state index contributed by atoms with van der Waals surface area (Å²) in [6.07, 6.45) is 6.29. The van der Waals surface area contributed by atoms with Crippen molar-refractivity contribution in [3.05, 3.63) is 11.9 Å². The molecule has 110 valence electrons. The molecule has 1 aliphatic carbocycles. The molecule has 1 aromatic rings. The van der Waals surface area contributed by atoms with Crippen LogP contribution in [0.5, 0.6) is 0 Å². The van der Waals surface area contributed by atoms with Crippen LogP contribution in [0.2, 0.25) is 0 Å². The zero-order chi connectivity index (χ0) is 14.4. The number of carbonyl (C=O) groups is 1. The average Bonchev–Trinajstić information content (AvgIpc) is 2.78. The summed E-state index contributed by atoms with van der Waals surface area (Å²) in [7, 11) is 0. The van der Waals surface area contributed by atoms with Crippen LogP contribution >= 0.6 is 0 Å². The summed E-state index contributed by atoms with van der Waals surface area (Å²) in [5.74, 6) is -0.186. The van der Waals surface area contributed by atoms with Gasteiger partial charge >= 0.3 is 5.97 Å². The van der Waals surface area contributed by atoms with Gasteiger partial charge in [-0.3, -0.25) is 10.1 Å². The third-order valence-corrected chi connectivity index (χ3v) is 4.27. The highest BCUT2D eigenvalue weighted by Gasteiger charge is 2.49. The molecule has 1 atom stereocenters. The van der Waals surface area contributed by atoms with Crippen LogP contribution in [-0.2, 0) is 16.1 Å². The van der Waals surface area contributed by atoms with Crippen molar-refractivity contribution in [1.82, 2.24) is 20.3 Å². The van der Waals surface area contributed by atoms with E-state index >= 15 is 0 Å². The van der Waals surface area contributed by atoms with E-state index in [1.165, 1.54) is 19.3 Å². The fraction of sp³-hybridized carbons (Fsp3) is 0.786. The first-order valence-electron chi connectivity index (χ1n) is 7.27. The highest BCUT2D eigenvalue weighted by atomic mass is 16.6. The van der Waals surface area contributed by atoms with Crippen LogP contribution in [0, 0.1) is 0 Å². The number of ether oxygens (including phenoxy) is 1. The van der Waals surface area contributed by atoms with E-state index in [0.717, 1.165) is 5.69 Å². The number of esters is 1. The van der Waals surface area contributed by atoms with Gasteiger partial charge in [0, 0.05) is 13.0 Å². The lowest BCUT2D eigenvalue weighted by Crippen LogP contribution is -2.46. The first kappa shape index (κ1) is 13.5. The second-order valence-corrected chi connectivity index (χ2v) is 6.79. The van der Waals surface area contributed by atoms with Crippen molar-refractivity contribution in [1.29, 1.82) is 0 Å². The minimum absolute atomic E-state index is 0.186. The molecule has 1 N–H and O–H groups in total. The number of cyclic esters (lactones) is 1. The fourth-order valence-corrected chi connectivity index (χ4v) is 2.97. The van der Waals surface area contributed by atoms with Gasteiger partial charge in [-0.25, -0.2) is 4.68 Å². The average molecular weight is 278 g/mol. The van der Waals surface area contributed by atoms with E-state index in [2.05, 4.69) is 15.6 Å². The largest absolute Gasteiger partial charge is 0.458 e. The van der Waals surface area contributed by atoms with Crippen LogP contribution in [0.4, 0.5) is 0 Å². The number of nitrogens with zero attached hydrogens (tertiary/aromatic N) is 3. The van der Waals surface area contributed by atoms with Crippen molar-refractivity contribution >= 4 is 5.97 Å². The summed E-state index contributed by atoms with van der Waals surface area (Å²) in [5, 5.41) is 11.6. The summed E-state index contributed by atoms with van der Waals surface area (Å²) < 4.78 is 7.32. The summed E-state index contributed by atoms with van der Waals surface area (Å²) in [4.78, 5) is 12.0. The molecule has 0 bridgehead atoms. The van der Waals surface area contributed by atoms with E-state index in [0.29, 0.717) is 19.0 Å². The summed E-state index contributed by atoms with van der Waals surface area (Å²) >= 11 is 0. The molecule has 2 fully saturated rings. The van der Waals surface area contributed by atoms with Crippen LogP contribution in [0.25, 0.3) is 0 Å². The Morgan fingerprint density at radius 1 is 1.45 bits per heavy atom. The zero-order valence-corrected chi connectivity index (χ0v) is 12.3. The molecule has 0 amide bonds. The van der Waals surface area contributed by atoms with Crippen LogP contribution in [0.3, 0.4) is 0 Å². The maximum absolute atomic E-state index is 12.0. The van der Waals surface area contributed by atoms with E-state index < -0.39 is 11.1 Å². The Morgan fingerprint density at radius 3 is 2.75 bits per heavy atom. The van der Waals surface area contributed by atoms with Crippen molar-refractivity contribution in [3.63, 3.8) is 0 Å². The van der Waals surface area contributed by atoms with Gasteiger partial charge in [-0.05, 0) is 40.0 Å². The van der Waals surface area contributed by atoms with E-state index in [9.17, 15) is 4.79 Å². The van der Waals surface area contributed by atoms with Gasteiger partial charge < -0.3 is 4.74 Å². The maximum atomic E-state index is 12.0. The molecule has 0 radical (unpaired) electrons. The van der Waals surface area contributed by atoms with Gasteiger partial charge in [-0.1, -0.05) is 5.21 Å². The molecule has 2 heterocycles. The minimum Gasteiger partial charge on any atom is -0.458 e. The lowest BCUT2D eigenvalue weighted by molar-refractivity contribution is -0.149. The number of hydrogen-bond donors (Lipinski definition) is 1. The van der Waals surface area contributed by atoms with Gasteiger partial charge in [-0.15, -0.1) is 5.10 Å². The van der Waals surface area contributed by atoms with Crippen LogP contribution in [0.15, 0.2) is 6.20 Å². The van der Waals surface area contributed by atoms with E-state index in [1.807, 2.05) is 31.6 Å². The molecule has 1 aliphatic heterocycles. The molecule has 6 nitrogen and oxygen atoms in total. The van der Waals surface area contributed by atoms with Crippen molar-refractivity contribution < 1.29 is 9.53 Å². The fourth-order valence-electron chi connectivity index (χ4n) is 2.97. The lowest BCUT2D eigenvalue weighted by atomic mass is 9.92. The Hall–Kier alpha value is -1.43. The minimum atomic E-state index is -0.635. The number of aromatic nitrogens is 3. The smallest absolute Gasteiger partial charge is 0.326 e. The summed E-state index contributed by atoms with van der Waals surface area (Å²) in [6.45, 7) is 6.30. The summed E-state index contributed by atoms with van der Waals surface area (Å²) in [5.41, 5.74) is -0.165. The zero-order valence-electron chi connectivity index (χ0n) is 12.3. The maximum Gasteiger partial charge on any atom is 0.326 e. The standard InChI is InChI=1S/C14H22N4O2/c1-13(2)9-14(3,12(19)20-13)15-7-10-8-18(17-16-10)11-5-4-6-11/h8,11,15H,4-7,9H2,1-3H3. The van der Waals surface area contributed by atoms with Gasteiger partial charge in [0.15, 0.2) is 0 Å². The van der Waals surface area contributed by atoms with Crippen LogP contribution < -0.4 is 5.32 Å². The Balaban J connectivity index is 1.61. The summed E-state index contributed by atoms with van der Waals surface area (Å²) in [6, 6.07) is 0.516. The quantitative estimate of drug-likeness (QED) is 0.847. The molecular weight excluding hydrogens is 256 g/mol. The van der Waals surface area contributed by atoms with Gasteiger partial charge in [-0.2, -0.15) is 0 Å². The van der Waals surface area contributed by atoms with Gasteiger partial charge in [0.1, 0.15) is 11.1 Å². The van der Waals surface area contributed by atoms with E-state index in [1.54, 1.807) is 0 Å². The molecule has 3 rings (SSSR count). The molecule has 1 saturated heterocycles. The first-order chi connectivity index (χ1) is 9.38. The molecule has 1 unspecified atom stereocenters. The molecule has 2 aliphatic rings. The predicted octanol–water partition coefficient (Wildman–Crippen LogP) is 1.58. The van der Waals surface area contributed by atoms with Crippen molar-refractivity contribution in [2.45, 2.75) is 70.2 Å². The first-order valence-corrected chi connectivity index (χ1v) is 7.27. The SMILES string of the molecule is CC1(C)CC(C)(NCc2cn(C3CCC3)nn2)C(=O)O1. The third kappa shape index (κ3) is 2.44. The van der Waals surface area contributed by atoms with E-state index in [4.69, 9.17) is 4.74 Å². The molecule has 0 spiro atoms. The van der Waals surface area contributed by atoms with Crippen molar-refractivity contribution in [2.75, 3.05) is 0 Å². The molecule has 6 heteroatoms. The van der Waals surface area contributed by atoms with Crippen molar-refractivity contribution in [3.8, 4) is 0 Å². The van der Waals surface area contributed by atoms with Gasteiger partial charge in [0.2, 0.25) is 0 Å². The lowest BCUT2D eigenvalue weighted by Gasteiger charge is -2.24. The molecule has 1 saturated carbocycles. The second-order valence-electron chi connectivity index (χ2n) is 6.79. The predicted molar refractivity (Wildman–Crippen MR) is 72.9 cm³/mol. The van der Waals surface area contributed by atoms with Crippen molar-refractivity contribution in [2.24, 2.45) is 0 Å². The third-order valence-electron chi connectivity index (χ3n) is 4.27. The Kier molecular flexibility index (Phi) is 3.08. The number of carbonyl (C=O) groups excluding carboxylic acids is 1. The monoisotopic (exact) mass is 278 g/mol. The van der Waals surface area contributed by atoms with Gasteiger partial charge in [0.25, 0.3) is 0 Å². The van der Waals surface area contributed by atoms with Gasteiger partial charge in [0.05, 0.1) is 17.9 Å². The number of hydrogen-bond acceptors (Lipinski definition) is 5. The molecular formula is C14H22N4O2. The molecule has 1 aromatic heterocycles. The second kappa shape index (κ2) is 4.55. The number of rotatable bonds is 4. The number of nitrogens with one attached hydrogen (secondary N) is 1. The molecule has 20 heavy (non-hydrogen) atoms. The highest BCUT2D eigenvalue weighted by molar-refractivity contribution is 5.83. The van der Waals surface area contributed by atoms with Crippen LogP contribution in [-0.4, -0.2) is 32.1 Å². The molecule has 0 aromatic carbocycles. The Bertz CT molecular complexity index is 521. The highest BCUT2D eigenvalue weighted by Crippen LogP contribution is 2.34. The Labute approximate surface area is 118 Å². The normalized spacial score (nSPS) is 29.2. The van der Waals surface area contributed by atoms with E-state index in [-0.39, 0.29) is 5.97 Å². The topological polar surface area (TPSA) is 69.0 Å². The Morgan fingerprint density at radius 2 is 2.20 bits per heavy atom.